The lowest BCUT2D eigenvalue weighted by Crippen LogP contribution is -2.45. The molecule has 0 aliphatic heterocycles. The molecular weight excluding hydrogens is 304 g/mol. The van der Waals surface area contributed by atoms with E-state index in [1.807, 2.05) is 34.9 Å². The van der Waals surface area contributed by atoms with E-state index in [0.717, 1.165) is 24.8 Å². The summed E-state index contributed by atoms with van der Waals surface area (Å²) in [7, 11) is 3.85. The molecule has 0 aromatic carbocycles. The van der Waals surface area contributed by atoms with Crippen LogP contribution in [0.4, 0.5) is 4.79 Å². The molecule has 0 aromatic heterocycles. The minimum absolute atomic E-state index is 0.0697. The summed E-state index contributed by atoms with van der Waals surface area (Å²) in [4.78, 5) is 18.5. The molecule has 0 saturated heterocycles. The van der Waals surface area contributed by atoms with Crippen LogP contribution in [-0.2, 0) is 4.74 Å². The van der Waals surface area contributed by atoms with Gasteiger partial charge in [0.05, 0.1) is 0 Å². The van der Waals surface area contributed by atoms with Crippen LogP contribution < -0.4 is 10.6 Å². The first kappa shape index (κ1) is 20.6. The molecule has 1 aliphatic rings. The molecule has 1 aliphatic carbocycles. The zero-order chi connectivity index (χ0) is 18.5. The van der Waals surface area contributed by atoms with E-state index < -0.39 is 5.60 Å². The van der Waals surface area contributed by atoms with Gasteiger partial charge in [-0.3, -0.25) is 4.99 Å². The number of guanidine groups is 1. The number of hydrogen-bond donors (Lipinski definition) is 2. The van der Waals surface area contributed by atoms with Gasteiger partial charge in [-0.25, -0.2) is 4.79 Å². The van der Waals surface area contributed by atoms with Gasteiger partial charge < -0.3 is 20.3 Å². The molecule has 6 nitrogen and oxygen atoms in total. The minimum atomic E-state index is -0.477. The number of amides is 1. The largest absolute Gasteiger partial charge is 0.444 e. The van der Waals surface area contributed by atoms with Crippen LogP contribution in [-0.4, -0.2) is 55.3 Å². The standard InChI is InChI=1S/C18H36N4O2/c1-12(2)14(21-17(23)24-18(4,5)6)9-10-22(8)16(19-7)20-15-11-13(15)3/h12-15H,9-11H2,1-8H3,(H,19,20)(H,21,23). The SMILES string of the molecule is CN=C(NC1CC1C)N(C)CCC(NC(=O)OC(C)(C)C)C(C)C. The fraction of sp³-hybridized carbons (Fsp3) is 0.889. The Morgan fingerprint density at radius 2 is 1.96 bits per heavy atom. The third-order valence-electron chi connectivity index (χ3n) is 4.28. The molecule has 24 heavy (non-hydrogen) atoms. The van der Waals surface area contributed by atoms with E-state index in [-0.39, 0.29) is 12.1 Å². The van der Waals surface area contributed by atoms with Crippen molar-refractivity contribution in [3.8, 4) is 0 Å². The summed E-state index contributed by atoms with van der Waals surface area (Å²) in [5, 5.41) is 6.48. The number of rotatable bonds is 6. The van der Waals surface area contributed by atoms with Crippen molar-refractivity contribution in [3.05, 3.63) is 0 Å². The van der Waals surface area contributed by atoms with Crippen molar-refractivity contribution in [1.82, 2.24) is 15.5 Å². The van der Waals surface area contributed by atoms with Gasteiger partial charge in [0.2, 0.25) is 0 Å². The molecule has 0 spiro atoms. The maximum atomic E-state index is 12.0. The van der Waals surface area contributed by atoms with Crippen molar-refractivity contribution in [2.45, 2.75) is 72.1 Å². The summed E-state index contributed by atoms with van der Waals surface area (Å²) in [6.45, 7) is 12.9. The molecule has 3 atom stereocenters. The van der Waals surface area contributed by atoms with E-state index in [9.17, 15) is 4.79 Å². The second-order valence-corrected chi connectivity index (χ2v) is 8.22. The molecule has 3 unspecified atom stereocenters. The molecule has 140 valence electrons. The van der Waals surface area contributed by atoms with E-state index in [4.69, 9.17) is 4.74 Å². The smallest absolute Gasteiger partial charge is 0.407 e. The highest BCUT2D eigenvalue weighted by Gasteiger charge is 2.33. The fourth-order valence-electron chi connectivity index (χ4n) is 2.50. The maximum Gasteiger partial charge on any atom is 0.407 e. The van der Waals surface area contributed by atoms with Gasteiger partial charge in [-0.2, -0.15) is 0 Å². The highest BCUT2D eigenvalue weighted by atomic mass is 16.6. The molecule has 1 amide bonds. The van der Waals surface area contributed by atoms with E-state index >= 15 is 0 Å². The van der Waals surface area contributed by atoms with E-state index in [0.29, 0.717) is 12.0 Å². The average molecular weight is 341 g/mol. The summed E-state index contributed by atoms with van der Waals surface area (Å²) in [5.74, 6) is 1.99. The predicted octanol–water partition coefficient (Wildman–Crippen LogP) is 2.84. The van der Waals surface area contributed by atoms with Crippen LogP contribution in [0.1, 0.15) is 54.4 Å². The molecule has 0 aromatic rings. The van der Waals surface area contributed by atoms with Crippen LogP contribution in [0.2, 0.25) is 0 Å². The van der Waals surface area contributed by atoms with Crippen molar-refractivity contribution < 1.29 is 9.53 Å². The van der Waals surface area contributed by atoms with Crippen molar-refractivity contribution in [1.29, 1.82) is 0 Å². The Morgan fingerprint density at radius 1 is 1.38 bits per heavy atom. The third-order valence-corrected chi connectivity index (χ3v) is 4.28. The Kier molecular flexibility index (Phi) is 7.36. The second-order valence-electron chi connectivity index (χ2n) is 8.22. The van der Waals surface area contributed by atoms with Crippen molar-refractivity contribution >= 4 is 12.1 Å². The van der Waals surface area contributed by atoms with Gasteiger partial charge >= 0.3 is 6.09 Å². The van der Waals surface area contributed by atoms with Crippen molar-refractivity contribution in [3.63, 3.8) is 0 Å². The van der Waals surface area contributed by atoms with E-state index in [1.165, 1.54) is 6.42 Å². The molecule has 0 bridgehead atoms. The summed E-state index contributed by atoms with van der Waals surface area (Å²) in [6.07, 6.45) is 1.70. The Labute approximate surface area is 147 Å². The van der Waals surface area contributed by atoms with Gasteiger partial charge in [-0.05, 0) is 45.4 Å². The van der Waals surface area contributed by atoms with Gasteiger partial charge in [-0.15, -0.1) is 0 Å². The number of hydrogen-bond acceptors (Lipinski definition) is 3. The number of carbonyl (C=O) groups is 1. The molecule has 2 N–H and O–H groups in total. The fourth-order valence-corrected chi connectivity index (χ4v) is 2.50. The third kappa shape index (κ3) is 7.41. The lowest BCUT2D eigenvalue weighted by Gasteiger charge is -2.28. The first-order chi connectivity index (χ1) is 11.0. The van der Waals surface area contributed by atoms with Crippen molar-refractivity contribution in [2.24, 2.45) is 16.8 Å². The highest BCUT2D eigenvalue weighted by molar-refractivity contribution is 5.80. The normalized spacial score (nSPS) is 22.1. The summed E-state index contributed by atoms with van der Waals surface area (Å²) in [5.41, 5.74) is -0.477. The van der Waals surface area contributed by atoms with Gasteiger partial charge in [-0.1, -0.05) is 20.8 Å². The Balaban J connectivity index is 2.48. The van der Waals surface area contributed by atoms with Gasteiger partial charge in [0.15, 0.2) is 5.96 Å². The molecule has 6 heteroatoms. The number of alkyl carbamates (subject to hydrolysis) is 1. The van der Waals surface area contributed by atoms with Gasteiger partial charge in [0.25, 0.3) is 0 Å². The summed E-state index contributed by atoms with van der Waals surface area (Å²) < 4.78 is 5.37. The topological polar surface area (TPSA) is 66.0 Å². The first-order valence-electron chi connectivity index (χ1n) is 8.97. The minimum Gasteiger partial charge on any atom is -0.444 e. The molecule has 1 fully saturated rings. The van der Waals surface area contributed by atoms with Crippen LogP contribution in [0.15, 0.2) is 4.99 Å². The molecule has 1 rings (SSSR count). The highest BCUT2D eigenvalue weighted by Crippen LogP contribution is 2.29. The van der Waals surface area contributed by atoms with Crippen LogP contribution in [0.5, 0.6) is 0 Å². The number of ether oxygens (including phenoxy) is 1. The maximum absolute atomic E-state index is 12.0. The van der Waals surface area contributed by atoms with Gasteiger partial charge in [0, 0.05) is 32.7 Å². The van der Waals surface area contributed by atoms with Crippen LogP contribution in [0.3, 0.4) is 0 Å². The predicted molar refractivity (Wildman–Crippen MR) is 99.3 cm³/mol. The van der Waals surface area contributed by atoms with Crippen LogP contribution in [0.25, 0.3) is 0 Å². The van der Waals surface area contributed by atoms with Crippen LogP contribution >= 0.6 is 0 Å². The summed E-state index contributed by atoms with van der Waals surface area (Å²) >= 11 is 0. The molecule has 1 saturated carbocycles. The van der Waals surface area contributed by atoms with E-state index in [2.05, 4.69) is 41.3 Å². The molecule has 0 heterocycles. The Bertz CT molecular complexity index is 443. The lowest BCUT2D eigenvalue weighted by molar-refractivity contribution is 0.0486. The Morgan fingerprint density at radius 3 is 2.38 bits per heavy atom. The lowest BCUT2D eigenvalue weighted by atomic mass is 10.0. The monoisotopic (exact) mass is 340 g/mol. The summed E-state index contributed by atoms with van der Waals surface area (Å²) in [6, 6.07) is 0.618. The zero-order valence-corrected chi connectivity index (χ0v) is 16.6. The van der Waals surface area contributed by atoms with Crippen LogP contribution in [0, 0.1) is 11.8 Å². The Hall–Kier alpha value is -1.46. The number of nitrogens with zero attached hydrogens (tertiary/aromatic N) is 2. The average Bonchev–Trinajstić information content (AvgIpc) is 3.13. The molecule has 0 radical (unpaired) electrons. The quantitative estimate of drug-likeness (QED) is 0.576. The van der Waals surface area contributed by atoms with E-state index in [1.54, 1.807) is 0 Å². The van der Waals surface area contributed by atoms with Gasteiger partial charge in [0.1, 0.15) is 5.60 Å². The number of aliphatic imine (C=N–C) groups is 1. The first-order valence-corrected chi connectivity index (χ1v) is 8.97. The second kappa shape index (κ2) is 8.58. The number of nitrogens with one attached hydrogen (secondary N) is 2. The van der Waals surface area contributed by atoms with Crippen molar-refractivity contribution in [2.75, 3.05) is 20.6 Å². The molecular formula is C18H36N4O2. The zero-order valence-electron chi connectivity index (χ0n) is 16.6. The number of carbonyl (C=O) groups excluding carboxylic acids is 1.